The summed E-state index contributed by atoms with van der Waals surface area (Å²) in [5.74, 6) is 0.0918. The Bertz CT molecular complexity index is 385. The van der Waals surface area contributed by atoms with Crippen molar-refractivity contribution in [3.05, 3.63) is 24.2 Å². The summed E-state index contributed by atoms with van der Waals surface area (Å²) < 4.78 is 34.8. The molecule has 0 bridgehead atoms. The summed E-state index contributed by atoms with van der Waals surface area (Å²) in [6.45, 7) is 2.70. The highest BCUT2D eigenvalue weighted by Crippen LogP contribution is 2.10. The summed E-state index contributed by atoms with van der Waals surface area (Å²) in [6, 6.07) is 1.75. The maximum atomic E-state index is 11.8. The van der Waals surface area contributed by atoms with Crippen molar-refractivity contribution in [3.63, 3.8) is 0 Å². The molecule has 0 N–H and O–H groups in total. The molecule has 1 heterocycles. The smallest absolute Gasteiger partial charge is 0.214 e. The van der Waals surface area contributed by atoms with E-state index in [0.717, 1.165) is 5.56 Å². The first-order valence-corrected chi connectivity index (χ1v) is 6.69. The Balaban J connectivity index is 2.72. The van der Waals surface area contributed by atoms with Crippen LogP contribution in [0.1, 0.15) is 12.5 Å². The number of sulfonamides is 1. The second-order valence-corrected chi connectivity index (χ2v) is 5.62. The topological polar surface area (TPSA) is 59.8 Å². The van der Waals surface area contributed by atoms with Gasteiger partial charge in [0.2, 0.25) is 10.0 Å². The van der Waals surface area contributed by atoms with Crippen LogP contribution in [0.5, 0.6) is 0 Å². The molecule has 0 aromatic carbocycles. The third-order valence-electron chi connectivity index (χ3n) is 2.24. The molecule has 0 amide bonds. The van der Waals surface area contributed by atoms with Crippen molar-refractivity contribution in [2.75, 3.05) is 26.0 Å². The number of nitrogens with zero attached hydrogens (tertiary/aromatic N) is 1. The minimum Gasteiger partial charge on any atom is -0.472 e. The van der Waals surface area contributed by atoms with E-state index >= 15 is 0 Å². The average molecular weight is 247 g/mol. The van der Waals surface area contributed by atoms with Crippen LogP contribution < -0.4 is 0 Å². The molecule has 0 atom stereocenters. The predicted octanol–water partition coefficient (Wildman–Crippen LogP) is 1.08. The number of methoxy groups -OCH3 is 1. The first-order valence-electron chi connectivity index (χ1n) is 5.08. The summed E-state index contributed by atoms with van der Waals surface area (Å²) in [4.78, 5) is 0. The fourth-order valence-electron chi connectivity index (χ4n) is 1.28. The molecule has 0 spiro atoms. The second-order valence-electron chi connectivity index (χ2n) is 3.36. The summed E-state index contributed by atoms with van der Waals surface area (Å²) in [5, 5.41) is 0. The fraction of sp³-hybridized carbons (Fsp3) is 0.600. The Morgan fingerprint density at radius 3 is 2.75 bits per heavy atom. The molecule has 1 aromatic heterocycles. The van der Waals surface area contributed by atoms with E-state index in [0.29, 0.717) is 19.7 Å². The highest BCUT2D eigenvalue weighted by molar-refractivity contribution is 7.89. The van der Waals surface area contributed by atoms with Gasteiger partial charge in [-0.05, 0) is 13.0 Å². The minimum atomic E-state index is -3.20. The second kappa shape index (κ2) is 6.03. The molecular weight excluding hydrogens is 230 g/mol. The van der Waals surface area contributed by atoms with Crippen LogP contribution in [0.3, 0.4) is 0 Å². The lowest BCUT2D eigenvalue weighted by Gasteiger charge is -2.20. The third-order valence-corrected chi connectivity index (χ3v) is 4.07. The zero-order valence-corrected chi connectivity index (χ0v) is 10.4. The molecule has 0 fully saturated rings. The van der Waals surface area contributed by atoms with E-state index in [2.05, 4.69) is 0 Å². The van der Waals surface area contributed by atoms with Gasteiger partial charge in [-0.25, -0.2) is 8.42 Å². The van der Waals surface area contributed by atoms with Crippen molar-refractivity contribution in [1.29, 1.82) is 0 Å². The molecule has 0 aliphatic heterocycles. The highest BCUT2D eigenvalue weighted by atomic mass is 32.2. The van der Waals surface area contributed by atoms with Crippen LogP contribution in [-0.2, 0) is 21.3 Å². The normalized spacial score (nSPS) is 12.2. The Labute approximate surface area is 96.0 Å². The molecule has 6 heteroatoms. The van der Waals surface area contributed by atoms with Crippen molar-refractivity contribution < 1.29 is 17.6 Å². The zero-order chi connectivity index (χ0) is 12.0. The molecule has 0 saturated heterocycles. The molecular formula is C10H17NO4S. The SMILES string of the molecule is CCS(=O)(=O)N(CCOC)Cc1ccoc1. The van der Waals surface area contributed by atoms with E-state index in [4.69, 9.17) is 9.15 Å². The van der Waals surface area contributed by atoms with E-state index in [1.54, 1.807) is 26.4 Å². The molecule has 0 radical (unpaired) electrons. The van der Waals surface area contributed by atoms with Gasteiger partial charge in [0.25, 0.3) is 0 Å². The minimum absolute atomic E-state index is 0.0918. The van der Waals surface area contributed by atoms with Crippen molar-refractivity contribution in [2.24, 2.45) is 0 Å². The van der Waals surface area contributed by atoms with Crippen molar-refractivity contribution in [2.45, 2.75) is 13.5 Å². The van der Waals surface area contributed by atoms with Gasteiger partial charge in [-0.1, -0.05) is 0 Å². The zero-order valence-electron chi connectivity index (χ0n) is 9.55. The number of rotatable bonds is 7. The summed E-state index contributed by atoms with van der Waals surface area (Å²) in [7, 11) is -1.65. The van der Waals surface area contributed by atoms with Crippen LogP contribution in [-0.4, -0.2) is 38.7 Å². The van der Waals surface area contributed by atoms with Gasteiger partial charge in [0.15, 0.2) is 0 Å². The van der Waals surface area contributed by atoms with Crippen LogP contribution in [0.4, 0.5) is 0 Å². The number of ether oxygens (including phenoxy) is 1. The van der Waals surface area contributed by atoms with Crippen molar-refractivity contribution in [1.82, 2.24) is 4.31 Å². The molecule has 1 rings (SSSR count). The molecule has 0 aliphatic rings. The average Bonchev–Trinajstić information content (AvgIpc) is 2.76. The standard InChI is InChI=1S/C10H17NO4S/c1-3-16(12,13)11(5-7-14-2)8-10-4-6-15-9-10/h4,6,9H,3,5,7-8H2,1-2H3. The van der Waals surface area contributed by atoms with E-state index in [1.165, 1.54) is 10.6 Å². The molecule has 5 nitrogen and oxygen atoms in total. The summed E-state index contributed by atoms with van der Waals surface area (Å²) >= 11 is 0. The summed E-state index contributed by atoms with van der Waals surface area (Å²) in [5.41, 5.74) is 0.841. The Hall–Kier alpha value is -0.850. The van der Waals surface area contributed by atoms with Gasteiger partial charge in [-0.3, -0.25) is 0 Å². The van der Waals surface area contributed by atoms with Crippen LogP contribution >= 0.6 is 0 Å². The van der Waals surface area contributed by atoms with Gasteiger partial charge in [-0.15, -0.1) is 0 Å². The molecule has 0 saturated carbocycles. The molecule has 92 valence electrons. The lowest BCUT2D eigenvalue weighted by molar-refractivity contribution is 0.177. The van der Waals surface area contributed by atoms with Crippen LogP contribution in [0.15, 0.2) is 23.0 Å². The fourth-order valence-corrected chi connectivity index (χ4v) is 2.34. The Morgan fingerprint density at radius 1 is 1.50 bits per heavy atom. The largest absolute Gasteiger partial charge is 0.472 e. The van der Waals surface area contributed by atoms with Crippen molar-refractivity contribution in [3.8, 4) is 0 Å². The van der Waals surface area contributed by atoms with E-state index < -0.39 is 10.0 Å². The first kappa shape index (κ1) is 13.2. The van der Waals surface area contributed by atoms with Crippen molar-refractivity contribution >= 4 is 10.0 Å². The maximum Gasteiger partial charge on any atom is 0.214 e. The van der Waals surface area contributed by atoms with E-state index in [1.807, 2.05) is 0 Å². The number of hydrogen-bond acceptors (Lipinski definition) is 4. The number of hydrogen-bond donors (Lipinski definition) is 0. The van der Waals surface area contributed by atoms with Gasteiger partial charge < -0.3 is 9.15 Å². The predicted molar refractivity (Wildman–Crippen MR) is 60.5 cm³/mol. The molecule has 0 aliphatic carbocycles. The quantitative estimate of drug-likeness (QED) is 0.723. The highest BCUT2D eigenvalue weighted by Gasteiger charge is 2.20. The van der Waals surface area contributed by atoms with E-state index in [9.17, 15) is 8.42 Å². The molecule has 16 heavy (non-hydrogen) atoms. The lowest BCUT2D eigenvalue weighted by atomic mass is 10.3. The first-order chi connectivity index (χ1) is 7.60. The van der Waals surface area contributed by atoms with Gasteiger partial charge >= 0.3 is 0 Å². The summed E-state index contributed by atoms with van der Waals surface area (Å²) in [6.07, 6.45) is 3.08. The van der Waals surface area contributed by atoms with Gasteiger partial charge in [-0.2, -0.15) is 4.31 Å². The van der Waals surface area contributed by atoms with Gasteiger partial charge in [0, 0.05) is 25.8 Å². The monoisotopic (exact) mass is 247 g/mol. The third kappa shape index (κ3) is 3.62. The molecule has 0 unspecified atom stereocenters. The van der Waals surface area contributed by atoms with Crippen LogP contribution in [0.2, 0.25) is 0 Å². The molecule has 1 aromatic rings. The van der Waals surface area contributed by atoms with Gasteiger partial charge in [0.1, 0.15) is 0 Å². The maximum absolute atomic E-state index is 11.8. The Kier molecular flexibility index (Phi) is 4.98. The lowest BCUT2D eigenvalue weighted by Crippen LogP contribution is -2.34. The van der Waals surface area contributed by atoms with Crippen LogP contribution in [0, 0.1) is 0 Å². The van der Waals surface area contributed by atoms with Crippen LogP contribution in [0.25, 0.3) is 0 Å². The number of furan rings is 1. The van der Waals surface area contributed by atoms with Gasteiger partial charge in [0.05, 0.1) is 24.9 Å². The van der Waals surface area contributed by atoms with E-state index in [-0.39, 0.29) is 5.75 Å². The Morgan fingerprint density at radius 2 is 2.25 bits per heavy atom.